The first-order valence-corrected chi connectivity index (χ1v) is 47.7. The highest BCUT2D eigenvalue weighted by Crippen LogP contribution is 2.53. The monoisotopic (exact) mass is 1790 g/mol. The standard InChI is InChI=1S/C72H50N4.C57H35N7/c1-72(2)65-35-17-15-33-61(65)63-45-64-62-34-16-18-36-67(62)76(68(64)46-66(63)72)71-74-69(53-31-19-29-51(37-53)59-41-55(47-21-7-3-8-22-47)39-56(42-59)48-23-9-4-10-24-48)73-70(75-71)54-32-20-30-52(38-54)60-43-57(49-25-11-5-12-26-49)40-58(44-60)50-27-13-6-14-28-50;1-4-18-36(19-5-1)55-58-56(63-49-30-16-12-26-41(49)45-34-32-43-39-24-10-14-28-47(39)61(51(43)53(45)63)37-20-6-2-7-21-37)60-57(59-55)64-50-31-17-13-27-42(50)46-35-33-44-40-25-11-15-29-48(40)62(52(44)54(46)64)38-22-8-3-9-23-38/h3-46H,1-2H3;1-35H. The van der Waals surface area contributed by atoms with E-state index in [4.69, 9.17) is 29.9 Å². The minimum absolute atomic E-state index is 0.200. The molecule has 0 fully saturated rings. The molecule has 0 bridgehead atoms. The van der Waals surface area contributed by atoms with Crippen molar-refractivity contribution in [2.75, 3.05) is 0 Å². The van der Waals surface area contributed by atoms with E-state index in [-0.39, 0.29) is 5.41 Å². The predicted molar refractivity (Wildman–Crippen MR) is 578 cm³/mol. The summed E-state index contributed by atoms with van der Waals surface area (Å²) in [6.45, 7) is 4.68. The molecular weight excluding hydrogens is 1700 g/mol. The molecule has 0 saturated heterocycles. The van der Waals surface area contributed by atoms with Crippen LogP contribution in [-0.4, -0.2) is 52.7 Å². The first-order chi connectivity index (χ1) is 69.2. The molecule has 0 saturated carbocycles. The van der Waals surface area contributed by atoms with Gasteiger partial charge in [-0.15, -0.1) is 0 Å². The second-order valence-electron chi connectivity index (χ2n) is 36.9. The Labute approximate surface area is 807 Å². The number of hydrogen-bond donors (Lipinski definition) is 0. The van der Waals surface area contributed by atoms with Gasteiger partial charge < -0.3 is 9.13 Å². The summed E-state index contributed by atoms with van der Waals surface area (Å²) in [5.74, 6) is 3.40. The van der Waals surface area contributed by atoms with Gasteiger partial charge in [0.05, 0.1) is 55.2 Å². The van der Waals surface area contributed by atoms with Crippen LogP contribution in [0.15, 0.2) is 479 Å². The normalized spacial score (nSPS) is 12.3. The van der Waals surface area contributed by atoms with Crippen LogP contribution in [0.25, 0.3) is 250 Å². The molecule has 11 nitrogen and oxygen atoms in total. The second-order valence-corrected chi connectivity index (χ2v) is 36.9. The lowest BCUT2D eigenvalue weighted by atomic mass is 9.82. The Hall–Kier alpha value is -18.6. The van der Waals surface area contributed by atoms with Crippen molar-refractivity contribution in [2.24, 2.45) is 0 Å². The van der Waals surface area contributed by atoms with Crippen LogP contribution in [0.1, 0.15) is 25.0 Å². The van der Waals surface area contributed by atoms with E-state index >= 15 is 0 Å². The quantitative estimate of drug-likeness (QED) is 0.107. The molecule has 0 radical (unpaired) electrons. The number of aromatic nitrogens is 11. The maximum Gasteiger partial charge on any atom is 0.240 e. The molecule has 0 unspecified atom stereocenters. The van der Waals surface area contributed by atoms with Crippen molar-refractivity contribution in [1.82, 2.24) is 52.7 Å². The van der Waals surface area contributed by atoms with Crippen molar-refractivity contribution in [1.29, 1.82) is 0 Å². The average Bonchev–Trinajstić information content (AvgIpc) is 1.54. The van der Waals surface area contributed by atoms with Crippen LogP contribution in [0.3, 0.4) is 0 Å². The molecule has 1 aliphatic rings. The van der Waals surface area contributed by atoms with Gasteiger partial charge in [0.1, 0.15) is 0 Å². The molecule has 656 valence electrons. The zero-order chi connectivity index (χ0) is 92.6. The maximum absolute atomic E-state index is 5.66. The van der Waals surface area contributed by atoms with Crippen LogP contribution in [0, 0.1) is 0 Å². The number of para-hydroxylation sites is 7. The topological polar surface area (TPSA) is 102 Å². The summed E-state index contributed by atoms with van der Waals surface area (Å²) in [6.07, 6.45) is 0. The van der Waals surface area contributed by atoms with Crippen molar-refractivity contribution >= 4 is 109 Å². The van der Waals surface area contributed by atoms with Gasteiger partial charge in [0.25, 0.3) is 0 Å². The van der Waals surface area contributed by atoms with Gasteiger partial charge in [0, 0.05) is 87.3 Å². The molecule has 7 aromatic heterocycles. The second kappa shape index (κ2) is 32.9. The molecule has 1 aliphatic carbocycles. The van der Waals surface area contributed by atoms with Crippen LogP contribution < -0.4 is 0 Å². The van der Waals surface area contributed by atoms with Gasteiger partial charge in [-0.2, -0.15) is 24.9 Å². The van der Waals surface area contributed by atoms with Crippen molar-refractivity contribution in [3.8, 4) is 141 Å². The van der Waals surface area contributed by atoms with Crippen LogP contribution >= 0.6 is 0 Å². The molecular formula is C129H85N11. The van der Waals surface area contributed by atoms with Gasteiger partial charge >= 0.3 is 0 Å². The summed E-state index contributed by atoms with van der Waals surface area (Å²) < 4.78 is 11.6. The van der Waals surface area contributed by atoms with E-state index in [2.05, 4.69) is 498 Å². The lowest BCUT2D eigenvalue weighted by molar-refractivity contribution is 0.661. The summed E-state index contributed by atoms with van der Waals surface area (Å²) in [5.41, 5.74) is 34.1. The number of rotatable bonds is 14. The third-order valence-electron chi connectivity index (χ3n) is 28.4. The Morgan fingerprint density at radius 1 is 0.157 bits per heavy atom. The van der Waals surface area contributed by atoms with Crippen LogP contribution in [0.2, 0.25) is 0 Å². The number of benzene rings is 20. The highest BCUT2D eigenvalue weighted by Gasteiger charge is 2.37. The Morgan fingerprint density at radius 2 is 0.429 bits per heavy atom. The molecule has 0 aliphatic heterocycles. The van der Waals surface area contributed by atoms with E-state index in [1.54, 1.807) is 0 Å². The summed E-state index contributed by atoms with van der Waals surface area (Å²) >= 11 is 0. The molecule has 0 amide bonds. The first kappa shape index (κ1) is 81.0. The smallest absolute Gasteiger partial charge is 0.240 e. The third kappa shape index (κ3) is 13.4. The molecule has 7 heterocycles. The zero-order valence-electron chi connectivity index (χ0n) is 76.5. The SMILES string of the molecule is CC1(C)c2ccccc2-c2cc3c4ccccc4n(-c4nc(-c5cccc(-c6cc(-c7ccccc7)cc(-c7ccccc7)c6)c5)nc(-c5cccc(-c6cc(-c7ccccc7)cc(-c7ccccc7)c6)c5)n4)c3cc21.c1ccc(-c2nc(-n3c4ccccc4c4ccc5c6ccccc6n(-c6ccccc6)c5c43)nc(-n3c4ccccc4c4ccc5c6ccccc6n(-c6ccccc6)c5c43)n2)cc1. The lowest BCUT2D eigenvalue weighted by Crippen LogP contribution is -2.15. The van der Waals surface area contributed by atoms with Gasteiger partial charge in [0.15, 0.2) is 17.5 Å². The number of hydrogen-bond acceptors (Lipinski definition) is 6. The fraction of sp³-hybridized carbons (Fsp3) is 0.0233. The fourth-order valence-electron chi connectivity index (χ4n) is 21.9. The van der Waals surface area contributed by atoms with E-state index in [9.17, 15) is 0 Å². The molecule has 140 heavy (non-hydrogen) atoms. The highest BCUT2D eigenvalue weighted by molar-refractivity contribution is 6.26. The van der Waals surface area contributed by atoms with Crippen molar-refractivity contribution in [3.63, 3.8) is 0 Å². The van der Waals surface area contributed by atoms with Crippen LogP contribution in [0.4, 0.5) is 0 Å². The summed E-state index contributed by atoms with van der Waals surface area (Å²) in [4.78, 5) is 33.0. The van der Waals surface area contributed by atoms with E-state index in [0.29, 0.717) is 35.3 Å². The lowest BCUT2D eigenvalue weighted by Gasteiger charge is -2.21. The Balaban J connectivity index is 0.000000143. The largest absolute Gasteiger partial charge is 0.307 e. The minimum atomic E-state index is -0.200. The summed E-state index contributed by atoms with van der Waals surface area (Å²) in [6, 6.07) is 171. The molecule has 0 atom stereocenters. The Morgan fingerprint density at radius 3 is 0.814 bits per heavy atom. The van der Waals surface area contributed by atoms with Crippen molar-refractivity contribution in [2.45, 2.75) is 19.3 Å². The van der Waals surface area contributed by atoms with Crippen LogP contribution in [-0.2, 0) is 5.41 Å². The average molecular weight is 1790 g/mol. The maximum atomic E-state index is 5.66. The fourth-order valence-corrected chi connectivity index (χ4v) is 21.9. The van der Waals surface area contributed by atoms with E-state index in [0.717, 1.165) is 171 Å². The number of fused-ring (bicyclic) bond motifs is 20. The molecule has 0 N–H and O–H groups in total. The minimum Gasteiger partial charge on any atom is -0.307 e. The Kier molecular flexibility index (Phi) is 19.0. The third-order valence-corrected chi connectivity index (χ3v) is 28.4. The van der Waals surface area contributed by atoms with E-state index in [1.165, 1.54) is 55.3 Å². The van der Waals surface area contributed by atoms with E-state index in [1.807, 2.05) is 18.2 Å². The van der Waals surface area contributed by atoms with E-state index < -0.39 is 0 Å². The Bertz CT molecular complexity index is 9080. The molecule has 20 aromatic carbocycles. The predicted octanol–water partition coefficient (Wildman–Crippen LogP) is 32.5. The first-order valence-electron chi connectivity index (χ1n) is 47.7. The van der Waals surface area contributed by atoms with Gasteiger partial charge in [-0.1, -0.05) is 378 Å². The van der Waals surface area contributed by atoms with Gasteiger partial charge in [-0.05, 0) is 204 Å². The van der Waals surface area contributed by atoms with Crippen molar-refractivity contribution in [3.05, 3.63) is 490 Å². The molecule has 27 aromatic rings. The highest BCUT2D eigenvalue weighted by atomic mass is 15.3. The van der Waals surface area contributed by atoms with Crippen molar-refractivity contribution < 1.29 is 0 Å². The van der Waals surface area contributed by atoms with Gasteiger partial charge in [-0.25, -0.2) is 4.98 Å². The summed E-state index contributed by atoms with van der Waals surface area (Å²) in [7, 11) is 0. The zero-order valence-corrected chi connectivity index (χ0v) is 76.5. The van der Waals surface area contributed by atoms with Gasteiger partial charge in [0.2, 0.25) is 17.8 Å². The number of nitrogens with zero attached hydrogens (tertiary/aromatic N) is 11. The molecule has 11 heteroatoms. The summed E-state index contributed by atoms with van der Waals surface area (Å²) in [5, 5.41) is 11.5. The van der Waals surface area contributed by atoms with Gasteiger partial charge in [-0.3, -0.25) is 13.7 Å². The molecule has 0 spiro atoms. The molecule has 28 rings (SSSR count). The van der Waals surface area contributed by atoms with Crippen LogP contribution in [0.5, 0.6) is 0 Å².